The summed E-state index contributed by atoms with van der Waals surface area (Å²) in [7, 11) is 0. The summed E-state index contributed by atoms with van der Waals surface area (Å²) in [5.74, 6) is 0. The molecule has 21 heavy (non-hydrogen) atoms. The third kappa shape index (κ3) is 2.81. The molecule has 0 bridgehead atoms. The zero-order valence-corrected chi connectivity index (χ0v) is 12.5. The molecule has 0 radical (unpaired) electrons. The van der Waals surface area contributed by atoms with Gasteiger partial charge >= 0.3 is 0 Å². The third-order valence-electron chi connectivity index (χ3n) is 4.54. The highest BCUT2D eigenvalue weighted by Crippen LogP contribution is 2.36. The maximum Gasteiger partial charge on any atom is 0.164 e. The van der Waals surface area contributed by atoms with Crippen LogP contribution in [0.3, 0.4) is 0 Å². The lowest BCUT2D eigenvalue weighted by atomic mass is 9.84. The Hall–Kier alpha value is -1.81. The van der Waals surface area contributed by atoms with Gasteiger partial charge in [0.25, 0.3) is 0 Å². The fourth-order valence-corrected chi connectivity index (χ4v) is 3.20. The van der Waals surface area contributed by atoms with Gasteiger partial charge in [0, 0.05) is 19.0 Å². The number of hydrogen-bond donors (Lipinski definition) is 2. The van der Waals surface area contributed by atoms with Crippen molar-refractivity contribution in [3.63, 3.8) is 0 Å². The lowest BCUT2D eigenvalue weighted by Gasteiger charge is -2.33. The van der Waals surface area contributed by atoms with Crippen molar-refractivity contribution in [2.75, 3.05) is 6.54 Å². The molecule has 0 aromatic heterocycles. The van der Waals surface area contributed by atoms with Crippen molar-refractivity contribution < 1.29 is 4.84 Å². The van der Waals surface area contributed by atoms with E-state index in [0.29, 0.717) is 6.04 Å². The molecule has 0 aliphatic carbocycles. The molecule has 1 aromatic rings. The first-order valence-corrected chi connectivity index (χ1v) is 7.64. The van der Waals surface area contributed by atoms with Crippen molar-refractivity contribution in [2.24, 2.45) is 5.16 Å². The van der Waals surface area contributed by atoms with Crippen LogP contribution in [-0.2, 0) is 4.84 Å². The Kier molecular flexibility index (Phi) is 3.97. The topological polar surface area (TPSA) is 45.7 Å². The van der Waals surface area contributed by atoms with Gasteiger partial charge in [-0.25, -0.2) is 0 Å². The number of oxime groups is 1. The van der Waals surface area contributed by atoms with Gasteiger partial charge < -0.3 is 15.5 Å². The van der Waals surface area contributed by atoms with E-state index in [9.17, 15) is 0 Å². The molecule has 3 rings (SSSR count). The van der Waals surface area contributed by atoms with Crippen LogP contribution in [0.25, 0.3) is 0 Å². The number of nitrogens with one attached hydrogen (secondary N) is 2. The predicted molar refractivity (Wildman–Crippen MR) is 85.2 cm³/mol. The van der Waals surface area contributed by atoms with E-state index in [1.54, 1.807) is 6.20 Å². The Morgan fingerprint density at radius 3 is 3.00 bits per heavy atom. The molecule has 0 unspecified atom stereocenters. The van der Waals surface area contributed by atoms with Crippen LogP contribution in [0.15, 0.2) is 48.3 Å². The molecule has 2 N–H and O–H groups in total. The number of benzene rings is 1. The molecule has 2 heterocycles. The van der Waals surface area contributed by atoms with E-state index in [1.165, 1.54) is 0 Å². The average molecular weight is 285 g/mol. The first kappa shape index (κ1) is 14.1. The van der Waals surface area contributed by atoms with Gasteiger partial charge in [0.05, 0.1) is 11.8 Å². The zero-order chi connectivity index (χ0) is 14.7. The molecule has 3 atom stereocenters. The number of rotatable bonds is 3. The van der Waals surface area contributed by atoms with Crippen molar-refractivity contribution in [2.45, 2.75) is 43.9 Å². The van der Waals surface area contributed by atoms with Crippen molar-refractivity contribution in [1.29, 1.82) is 0 Å². The summed E-state index contributed by atoms with van der Waals surface area (Å²) < 4.78 is 0. The molecule has 1 fully saturated rings. The smallest absolute Gasteiger partial charge is 0.164 e. The van der Waals surface area contributed by atoms with Gasteiger partial charge in [0.2, 0.25) is 0 Å². The minimum absolute atomic E-state index is 0.185. The monoisotopic (exact) mass is 285 g/mol. The Morgan fingerprint density at radius 2 is 2.24 bits per heavy atom. The highest BCUT2D eigenvalue weighted by molar-refractivity contribution is 6.01. The fraction of sp³-hybridized carbons (Fsp3) is 0.471. The second kappa shape index (κ2) is 5.90. The highest BCUT2D eigenvalue weighted by atomic mass is 16.7. The van der Waals surface area contributed by atoms with E-state index in [1.807, 2.05) is 18.2 Å². The molecular formula is C17H23N3O. The quantitative estimate of drug-likeness (QED) is 0.896. The average Bonchev–Trinajstić information content (AvgIpc) is 2.89. The number of hydrogen-bond acceptors (Lipinski definition) is 4. The second-order valence-electron chi connectivity index (χ2n) is 6.01. The SMILES string of the molecule is C=CN[C@@H]1CN[C@@H](C)CC[C@]12CC(c1ccccc1)=NO2. The molecule has 0 amide bonds. The summed E-state index contributed by atoms with van der Waals surface area (Å²) >= 11 is 0. The highest BCUT2D eigenvalue weighted by Gasteiger charge is 2.47. The minimum Gasteiger partial charge on any atom is -0.386 e. The predicted octanol–water partition coefficient (Wildman–Crippen LogP) is 2.42. The van der Waals surface area contributed by atoms with Crippen molar-refractivity contribution in [3.05, 3.63) is 48.7 Å². The van der Waals surface area contributed by atoms with E-state index < -0.39 is 0 Å². The summed E-state index contributed by atoms with van der Waals surface area (Å²) in [5, 5.41) is 11.3. The number of nitrogens with zero attached hydrogens (tertiary/aromatic N) is 1. The first-order valence-electron chi connectivity index (χ1n) is 7.64. The molecule has 1 spiro atoms. The lowest BCUT2D eigenvalue weighted by Crippen LogP contribution is -2.52. The zero-order valence-electron chi connectivity index (χ0n) is 12.5. The molecule has 4 heteroatoms. The van der Waals surface area contributed by atoms with Crippen LogP contribution in [0.2, 0.25) is 0 Å². The Bertz CT molecular complexity index is 528. The lowest BCUT2D eigenvalue weighted by molar-refractivity contribution is -0.0462. The molecule has 4 nitrogen and oxygen atoms in total. The van der Waals surface area contributed by atoms with Crippen molar-refractivity contribution in [1.82, 2.24) is 10.6 Å². The van der Waals surface area contributed by atoms with Gasteiger partial charge in [-0.1, -0.05) is 42.1 Å². The minimum atomic E-state index is -0.267. The summed E-state index contributed by atoms with van der Waals surface area (Å²) in [6, 6.07) is 11.0. The van der Waals surface area contributed by atoms with Gasteiger partial charge in [0.1, 0.15) is 0 Å². The summed E-state index contributed by atoms with van der Waals surface area (Å²) in [5.41, 5.74) is 1.93. The third-order valence-corrected chi connectivity index (χ3v) is 4.54. The van der Waals surface area contributed by atoms with Crippen molar-refractivity contribution >= 4 is 5.71 Å². The maximum absolute atomic E-state index is 5.98. The van der Waals surface area contributed by atoms with E-state index in [0.717, 1.165) is 37.1 Å². The summed E-state index contributed by atoms with van der Waals surface area (Å²) in [4.78, 5) is 5.98. The summed E-state index contributed by atoms with van der Waals surface area (Å²) in [6.45, 7) is 6.89. The van der Waals surface area contributed by atoms with Gasteiger partial charge in [-0.15, -0.1) is 0 Å². The molecule has 2 aliphatic heterocycles. The Morgan fingerprint density at radius 1 is 1.43 bits per heavy atom. The van der Waals surface area contributed by atoms with Crippen LogP contribution in [0.5, 0.6) is 0 Å². The largest absolute Gasteiger partial charge is 0.386 e. The standard InChI is InChI=1S/C17H23N3O/c1-3-18-16-12-19-13(2)9-10-17(16)11-15(20-21-17)14-7-5-4-6-8-14/h3-8,13,16,18-19H,1,9-12H2,2H3/t13-,16+,17-/m0/s1. The Balaban J connectivity index is 1.81. The maximum atomic E-state index is 5.98. The molecule has 112 valence electrons. The van der Waals surface area contributed by atoms with Gasteiger partial charge in [-0.2, -0.15) is 0 Å². The van der Waals surface area contributed by atoms with Crippen LogP contribution in [-0.4, -0.2) is 29.9 Å². The van der Waals surface area contributed by atoms with Crippen molar-refractivity contribution in [3.8, 4) is 0 Å². The normalized spacial score (nSPS) is 32.1. The second-order valence-corrected chi connectivity index (χ2v) is 6.01. The van der Waals surface area contributed by atoms with E-state index in [-0.39, 0.29) is 11.6 Å². The molecule has 2 aliphatic rings. The van der Waals surface area contributed by atoms with Gasteiger partial charge in [-0.05, 0) is 31.5 Å². The van der Waals surface area contributed by atoms with E-state index >= 15 is 0 Å². The van der Waals surface area contributed by atoms with E-state index in [2.05, 4.69) is 41.4 Å². The molecule has 1 saturated heterocycles. The van der Waals surface area contributed by atoms with E-state index in [4.69, 9.17) is 4.84 Å². The summed E-state index contributed by atoms with van der Waals surface area (Å²) in [6.07, 6.45) is 4.68. The molecule has 0 saturated carbocycles. The first-order chi connectivity index (χ1) is 10.2. The van der Waals surface area contributed by atoms with Crippen LogP contribution in [0.1, 0.15) is 31.7 Å². The van der Waals surface area contributed by atoms with Crippen LogP contribution < -0.4 is 10.6 Å². The van der Waals surface area contributed by atoms with Crippen LogP contribution in [0, 0.1) is 0 Å². The fourth-order valence-electron chi connectivity index (χ4n) is 3.20. The molecule has 1 aromatic carbocycles. The van der Waals surface area contributed by atoms with Crippen LogP contribution >= 0.6 is 0 Å². The Labute approximate surface area is 126 Å². The molecular weight excluding hydrogens is 262 g/mol. The van der Waals surface area contributed by atoms with Gasteiger partial charge in [-0.3, -0.25) is 0 Å². The van der Waals surface area contributed by atoms with Gasteiger partial charge in [0.15, 0.2) is 5.60 Å². The van der Waals surface area contributed by atoms with Crippen LogP contribution in [0.4, 0.5) is 0 Å².